The Balaban J connectivity index is 1.89. The van der Waals surface area contributed by atoms with Gasteiger partial charge in [0, 0.05) is 6.20 Å². The Morgan fingerprint density at radius 1 is 1.08 bits per heavy atom. The van der Waals surface area contributed by atoms with Gasteiger partial charge in [0.15, 0.2) is 5.78 Å². The lowest BCUT2D eigenvalue weighted by molar-refractivity contribution is -0.139. The molecular formula is C17H15N3O5. The number of anilines is 1. The first-order valence-corrected chi connectivity index (χ1v) is 7.63. The van der Waals surface area contributed by atoms with Crippen molar-refractivity contribution in [3.05, 3.63) is 48.3 Å². The number of hydrogen-bond acceptors (Lipinski definition) is 5. The number of ketones is 1. The molecule has 1 aromatic carbocycles. The van der Waals surface area contributed by atoms with Crippen molar-refractivity contribution in [3.8, 4) is 5.75 Å². The molecule has 1 N–H and O–H groups in total. The molecule has 128 valence electrons. The molecule has 0 radical (unpaired) electrons. The number of benzene rings is 1. The lowest BCUT2D eigenvalue weighted by Gasteiger charge is -2.17. The fourth-order valence-corrected chi connectivity index (χ4v) is 2.51. The number of carbonyl (C=O) groups excluding carboxylic acids is 4. The Bertz CT molecular complexity index is 844. The number of carbonyl (C=O) groups is 4. The van der Waals surface area contributed by atoms with Crippen molar-refractivity contribution in [3.63, 3.8) is 0 Å². The van der Waals surface area contributed by atoms with E-state index in [0.29, 0.717) is 17.3 Å². The first kappa shape index (κ1) is 16.4. The van der Waals surface area contributed by atoms with Crippen LogP contribution in [0.4, 0.5) is 10.5 Å². The zero-order valence-corrected chi connectivity index (χ0v) is 13.4. The number of rotatable bonds is 6. The van der Waals surface area contributed by atoms with Gasteiger partial charge in [0.05, 0.1) is 24.5 Å². The van der Waals surface area contributed by atoms with Gasteiger partial charge in [-0.1, -0.05) is 12.1 Å². The highest BCUT2D eigenvalue weighted by molar-refractivity contribution is 6.53. The molecule has 25 heavy (non-hydrogen) atoms. The van der Waals surface area contributed by atoms with E-state index in [1.54, 1.807) is 37.4 Å². The van der Waals surface area contributed by atoms with Crippen LogP contribution in [0.2, 0.25) is 0 Å². The molecule has 3 rings (SSSR count). The topological polar surface area (TPSA) is 99.8 Å². The summed E-state index contributed by atoms with van der Waals surface area (Å²) in [7, 11) is 0. The van der Waals surface area contributed by atoms with Gasteiger partial charge in [-0.25, -0.2) is 14.6 Å². The lowest BCUT2D eigenvalue weighted by atomic mass is 10.2. The predicted molar refractivity (Wildman–Crippen MR) is 87.3 cm³/mol. The van der Waals surface area contributed by atoms with Crippen LogP contribution in [0.15, 0.2) is 42.6 Å². The zero-order valence-electron chi connectivity index (χ0n) is 13.4. The van der Waals surface area contributed by atoms with Gasteiger partial charge in [0.25, 0.3) is 0 Å². The van der Waals surface area contributed by atoms with Gasteiger partial charge in [-0.05, 0) is 31.2 Å². The van der Waals surface area contributed by atoms with Gasteiger partial charge in [-0.2, -0.15) is 0 Å². The fraction of sp³-hybridized carbons (Fsp3) is 0.176. The molecule has 0 spiro atoms. The maximum atomic E-state index is 12.6. The molecule has 0 aliphatic carbocycles. The van der Waals surface area contributed by atoms with Gasteiger partial charge in [0.1, 0.15) is 5.75 Å². The standard InChI is InChI=1S/C17H15N3O5/c1-2-25-14-8-4-3-7-12(14)20-16(23)15(22)19(17(20)24)10-13(21)11-6-5-9-18-11/h3-9,18H,2,10H2,1H3. The van der Waals surface area contributed by atoms with E-state index < -0.39 is 30.2 Å². The third-order valence-corrected chi connectivity index (χ3v) is 3.66. The summed E-state index contributed by atoms with van der Waals surface area (Å²) in [5.41, 5.74) is 0.420. The minimum absolute atomic E-state index is 0.169. The number of Topliss-reactive ketones (excluding diaryl/α,β-unsaturated/α-hetero) is 1. The molecule has 1 aliphatic heterocycles. The quantitative estimate of drug-likeness (QED) is 0.489. The third-order valence-electron chi connectivity index (χ3n) is 3.66. The van der Waals surface area contributed by atoms with Gasteiger partial charge in [-0.15, -0.1) is 0 Å². The normalized spacial score (nSPS) is 14.4. The summed E-state index contributed by atoms with van der Waals surface area (Å²) in [5, 5.41) is 0. The second kappa shape index (κ2) is 6.60. The first-order chi connectivity index (χ1) is 12.0. The highest BCUT2D eigenvalue weighted by Gasteiger charge is 2.47. The van der Waals surface area contributed by atoms with E-state index in [9.17, 15) is 19.2 Å². The van der Waals surface area contributed by atoms with E-state index in [-0.39, 0.29) is 11.4 Å². The maximum absolute atomic E-state index is 12.6. The van der Waals surface area contributed by atoms with Gasteiger partial charge < -0.3 is 9.72 Å². The van der Waals surface area contributed by atoms with E-state index in [1.165, 1.54) is 12.1 Å². The van der Waals surface area contributed by atoms with E-state index in [2.05, 4.69) is 4.98 Å². The van der Waals surface area contributed by atoms with Crippen LogP contribution in [0, 0.1) is 0 Å². The van der Waals surface area contributed by atoms with Crippen LogP contribution in [-0.4, -0.2) is 46.7 Å². The number of H-pyrrole nitrogens is 1. The summed E-state index contributed by atoms with van der Waals surface area (Å²) in [6, 6.07) is 8.68. The number of nitrogens with one attached hydrogen (secondary N) is 1. The number of nitrogens with zero attached hydrogens (tertiary/aromatic N) is 2. The molecule has 4 amide bonds. The highest BCUT2D eigenvalue weighted by atomic mass is 16.5. The molecule has 0 saturated carbocycles. The van der Waals surface area contributed by atoms with E-state index in [4.69, 9.17) is 4.74 Å². The van der Waals surface area contributed by atoms with E-state index >= 15 is 0 Å². The Morgan fingerprint density at radius 2 is 1.84 bits per heavy atom. The van der Waals surface area contributed by atoms with Crippen molar-refractivity contribution in [2.45, 2.75) is 6.92 Å². The van der Waals surface area contributed by atoms with Crippen molar-refractivity contribution < 1.29 is 23.9 Å². The SMILES string of the molecule is CCOc1ccccc1N1C(=O)C(=O)N(CC(=O)c2ccc[nH]2)C1=O. The van der Waals surface area contributed by atoms with Crippen LogP contribution in [0.3, 0.4) is 0 Å². The van der Waals surface area contributed by atoms with Gasteiger partial charge in [-0.3, -0.25) is 14.4 Å². The minimum atomic E-state index is -1.05. The Morgan fingerprint density at radius 3 is 2.52 bits per heavy atom. The average molecular weight is 341 g/mol. The van der Waals surface area contributed by atoms with Gasteiger partial charge >= 0.3 is 17.8 Å². The number of para-hydroxylation sites is 2. The minimum Gasteiger partial charge on any atom is -0.492 e. The molecule has 2 heterocycles. The van der Waals surface area contributed by atoms with Crippen molar-refractivity contribution in [2.24, 2.45) is 0 Å². The van der Waals surface area contributed by atoms with Crippen molar-refractivity contribution in [1.82, 2.24) is 9.88 Å². The number of aromatic amines is 1. The van der Waals surface area contributed by atoms with Crippen LogP contribution < -0.4 is 9.64 Å². The number of ether oxygens (including phenoxy) is 1. The van der Waals surface area contributed by atoms with E-state index in [0.717, 1.165) is 4.90 Å². The lowest BCUT2D eigenvalue weighted by Crippen LogP contribution is -2.37. The molecule has 0 unspecified atom stereocenters. The van der Waals surface area contributed by atoms with Crippen LogP contribution >= 0.6 is 0 Å². The number of imide groups is 2. The van der Waals surface area contributed by atoms with Crippen molar-refractivity contribution in [2.75, 3.05) is 18.1 Å². The van der Waals surface area contributed by atoms with Crippen LogP contribution in [0.25, 0.3) is 0 Å². The molecule has 1 fully saturated rings. The number of aromatic nitrogens is 1. The average Bonchev–Trinajstić information content (AvgIpc) is 3.21. The van der Waals surface area contributed by atoms with E-state index in [1.807, 2.05) is 0 Å². The highest BCUT2D eigenvalue weighted by Crippen LogP contribution is 2.31. The second-order valence-electron chi connectivity index (χ2n) is 5.22. The molecule has 0 bridgehead atoms. The molecule has 1 aliphatic rings. The molecule has 1 saturated heterocycles. The second-order valence-corrected chi connectivity index (χ2v) is 5.22. The summed E-state index contributed by atoms with van der Waals surface area (Å²) in [6.45, 7) is 1.57. The molecular weight excluding hydrogens is 326 g/mol. The largest absolute Gasteiger partial charge is 0.492 e. The number of urea groups is 1. The smallest absolute Gasteiger partial charge is 0.339 e. The molecule has 8 nitrogen and oxygen atoms in total. The third kappa shape index (κ3) is 2.89. The summed E-state index contributed by atoms with van der Waals surface area (Å²) in [4.78, 5) is 53.3. The summed E-state index contributed by atoms with van der Waals surface area (Å²) in [6.07, 6.45) is 1.55. The summed E-state index contributed by atoms with van der Waals surface area (Å²) >= 11 is 0. The Labute approximate surface area is 143 Å². The predicted octanol–water partition coefficient (Wildman–Crippen LogP) is 1.59. The summed E-state index contributed by atoms with van der Waals surface area (Å²) < 4.78 is 5.41. The summed E-state index contributed by atoms with van der Waals surface area (Å²) in [5.74, 6) is -2.23. The zero-order chi connectivity index (χ0) is 18.0. The van der Waals surface area contributed by atoms with Crippen LogP contribution in [0.1, 0.15) is 17.4 Å². The fourth-order valence-electron chi connectivity index (χ4n) is 2.51. The molecule has 1 aromatic heterocycles. The first-order valence-electron chi connectivity index (χ1n) is 7.63. The van der Waals surface area contributed by atoms with Crippen molar-refractivity contribution in [1.29, 1.82) is 0 Å². The van der Waals surface area contributed by atoms with Gasteiger partial charge in [0.2, 0.25) is 0 Å². The molecule has 8 heteroatoms. The number of hydrogen-bond donors (Lipinski definition) is 1. The van der Waals surface area contributed by atoms with Crippen molar-refractivity contribution >= 4 is 29.3 Å². The molecule has 2 aromatic rings. The maximum Gasteiger partial charge on any atom is 0.339 e. The monoisotopic (exact) mass is 341 g/mol. The number of amides is 4. The van der Waals surface area contributed by atoms with Crippen LogP contribution in [-0.2, 0) is 9.59 Å². The van der Waals surface area contributed by atoms with Crippen LogP contribution in [0.5, 0.6) is 5.75 Å². The Hall–Kier alpha value is -3.42. The Kier molecular flexibility index (Phi) is 4.34. The molecule has 0 atom stereocenters.